The van der Waals surface area contributed by atoms with Crippen molar-refractivity contribution in [1.82, 2.24) is 0 Å². The Morgan fingerprint density at radius 1 is 1.25 bits per heavy atom. The fourth-order valence-corrected chi connectivity index (χ4v) is 2.27. The van der Waals surface area contributed by atoms with Gasteiger partial charge in [-0.3, -0.25) is 4.79 Å². The molecule has 2 aromatic carbocycles. The highest BCUT2D eigenvalue weighted by Crippen LogP contribution is 2.26. The molecule has 0 unspecified atom stereocenters. The summed E-state index contributed by atoms with van der Waals surface area (Å²) >= 11 is 6.21. The predicted octanol–water partition coefficient (Wildman–Crippen LogP) is 4.02. The first-order valence-electron chi connectivity index (χ1n) is 6.40. The molecule has 0 atom stereocenters. The van der Waals surface area contributed by atoms with Crippen LogP contribution in [-0.4, -0.2) is 17.6 Å². The fraction of sp³-hybridized carbons (Fsp3) is 0.188. The van der Waals surface area contributed by atoms with E-state index in [9.17, 15) is 9.90 Å². The molecule has 0 radical (unpaired) electrons. The van der Waals surface area contributed by atoms with Crippen LogP contribution in [0.4, 0.5) is 5.69 Å². The molecule has 3 nitrogen and oxygen atoms in total. The zero-order valence-corrected chi connectivity index (χ0v) is 12.2. The van der Waals surface area contributed by atoms with E-state index >= 15 is 0 Å². The monoisotopic (exact) mass is 289 g/mol. The van der Waals surface area contributed by atoms with Gasteiger partial charge in [0.25, 0.3) is 5.91 Å². The first-order chi connectivity index (χ1) is 9.54. The molecule has 0 spiro atoms. The van der Waals surface area contributed by atoms with Gasteiger partial charge in [0.15, 0.2) is 0 Å². The summed E-state index contributed by atoms with van der Waals surface area (Å²) < 4.78 is 0. The van der Waals surface area contributed by atoms with Crippen LogP contribution in [0.25, 0.3) is 0 Å². The molecule has 2 rings (SSSR count). The van der Waals surface area contributed by atoms with Gasteiger partial charge in [0, 0.05) is 18.3 Å². The number of nitrogens with zero attached hydrogens (tertiary/aromatic N) is 1. The van der Waals surface area contributed by atoms with Crippen LogP contribution in [-0.2, 0) is 0 Å². The molecular weight excluding hydrogens is 274 g/mol. The number of phenols is 1. The van der Waals surface area contributed by atoms with E-state index < -0.39 is 0 Å². The number of carbonyl (C=O) groups excluding carboxylic acids is 1. The Hall–Kier alpha value is -2.00. The molecule has 0 aliphatic carbocycles. The molecule has 20 heavy (non-hydrogen) atoms. The molecule has 0 saturated carbocycles. The van der Waals surface area contributed by atoms with Crippen LogP contribution in [0.3, 0.4) is 0 Å². The third-order valence-corrected chi connectivity index (χ3v) is 3.63. The zero-order valence-electron chi connectivity index (χ0n) is 11.4. The van der Waals surface area contributed by atoms with Gasteiger partial charge in [-0.05, 0) is 37.6 Å². The molecule has 0 saturated heterocycles. The van der Waals surface area contributed by atoms with Gasteiger partial charge >= 0.3 is 0 Å². The van der Waals surface area contributed by atoms with Crippen LogP contribution < -0.4 is 4.90 Å². The van der Waals surface area contributed by atoms with Gasteiger partial charge < -0.3 is 10.0 Å². The van der Waals surface area contributed by atoms with Gasteiger partial charge in [0.05, 0.1) is 10.6 Å². The molecule has 1 amide bonds. The predicted molar refractivity (Wildman–Crippen MR) is 81.6 cm³/mol. The van der Waals surface area contributed by atoms with Crippen molar-refractivity contribution in [2.24, 2.45) is 0 Å². The van der Waals surface area contributed by atoms with E-state index in [4.69, 9.17) is 11.6 Å². The summed E-state index contributed by atoms with van der Waals surface area (Å²) in [5.74, 6) is -0.0455. The van der Waals surface area contributed by atoms with Crippen LogP contribution in [0.1, 0.15) is 22.8 Å². The topological polar surface area (TPSA) is 40.5 Å². The maximum atomic E-state index is 12.6. The number of hydrogen-bond donors (Lipinski definition) is 1. The van der Waals surface area contributed by atoms with Crippen molar-refractivity contribution >= 4 is 23.2 Å². The maximum absolute atomic E-state index is 12.6. The first-order valence-corrected chi connectivity index (χ1v) is 6.78. The van der Waals surface area contributed by atoms with Crippen LogP contribution in [0.15, 0.2) is 42.5 Å². The van der Waals surface area contributed by atoms with E-state index in [2.05, 4.69) is 0 Å². The van der Waals surface area contributed by atoms with Gasteiger partial charge in [-0.25, -0.2) is 0 Å². The van der Waals surface area contributed by atoms with Crippen LogP contribution in [0.2, 0.25) is 5.02 Å². The Balaban J connectivity index is 2.42. The van der Waals surface area contributed by atoms with Gasteiger partial charge in [0.2, 0.25) is 0 Å². The second-order valence-electron chi connectivity index (χ2n) is 4.51. The number of anilines is 1. The van der Waals surface area contributed by atoms with E-state index in [1.165, 1.54) is 0 Å². The van der Waals surface area contributed by atoms with Gasteiger partial charge in [-0.2, -0.15) is 0 Å². The number of aromatic hydroxyl groups is 1. The number of halogens is 1. The number of benzene rings is 2. The molecule has 0 aliphatic heterocycles. The lowest BCUT2D eigenvalue weighted by atomic mass is 10.1. The lowest BCUT2D eigenvalue weighted by Crippen LogP contribution is -2.30. The van der Waals surface area contributed by atoms with E-state index in [-0.39, 0.29) is 11.7 Å². The highest BCUT2D eigenvalue weighted by molar-refractivity contribution is 6.35. The number of carbonyl (C=O) groups is 1. The molecule has 0 bridgehead atoms. The SMILES string of the molecule is CCN(C(=O)c1cccc(C)c1Cl)c1cccc(O)c1. The standard InChI is InChI=1S/C16H16ClNO2/c1-3-18(12-7-5-8-13(19)10-12)16(20)14-9-4-6-11(2)15(14)17/h4-10,19H,3H2,1-2H3. The van der Waals surface area contributed by atoms with Crippen molar-refractivity contribution in [2.45, 2.75) is 13.8 Å². The van der Waals surface area contributed by atoms with Gasteiger partial charge in [-0.15, -0.1) is 0 Å². The average Bonchev–Trinajstić information content (AvgIpc) is 2.42. The minimum absolute atomic E-state index is 0.129. The average molecular weight is 290 g/mol. The van der Waals surface area contributed by atoms with Crippen molar-refractivity contribution in [2.75, 3.05) is 11.4 Å². The summed E-state index contributed by atoms with van der Waals surface area (Å²) in [5, 5.41) is 10.0. The lowest BCUT2D eigenvalue weighted by Gasteiger charge is -2.22. The van der Waals surface area contributed by atoms with E-state index in [0.717, 1.165) is 5.56 Å². The summed E-state index contributed by atoms with van der Waals surface area (Å²) in [5.41, 5.74) is 1.98. The van der Waals surface area contributed by atoms with Crippen LogP contribution in [0, 0.1) is 6.92 Å². The smallest absolute Gasteiger partial charge is 0.259 e. The van der Waals surface area contributed by atoms with Crippen molar-refractivity contribution in [3.8, 4) is 5.75 Å². The second kappa shape index (κ2) is 5.97. The summed E-state index contributed by atoms with van der Waals surface area (Å²) in [6.07, 6.45) is 0. The summed E-state index contributed by atoms with van der Waals surface area (Å²) in [6, 6.07) is 12.0. The molecule has 4 heteroatoms. The number of rotatable bonds is 3. The Morgan fingerprint density at radius 3 is 2.60 bits per heavy atom. The molecule has 0 fully saturated rings. The molecular formula is C16H16ClNO2. The van der Waals surface area contributed by atoms with Gasteiger partial charge in [0.1, 0.15) is 5.75 Å². The van der Waals surface area contributed by atoms with Gasteiger partial charge in [-0.1, -0.05) is 29.8 Å². The quantitative estimate of drug-likeness (QED) is 0.927. The second-order valence-corrected chi connectivity index (χ2v) is 4.88. The summed E-state index contributed by atoms with van der Waals surface area (Å²) in [7, 11) is 0. The highest BCUT2D eigenvalue weighted by Gasteiger charge is 2.19. The zero-order chi connectivity index (χ0) is 14.7. The number of aryl methyl sites for hydroxylation is 1. The molecule has 0 heterocycles. The number of amides is 1. The van der Waals surface area contributed by atoms with Crippen molar-refractivity contribution < 1.29 is 9.90 Å². The number of hydrogen-bond acceptors (Lipinski definition) is 2. The largest absolute Gasteiger partial charge is 0.508 e. The van der Waals surface area contributed by atoms with Crippen molar-refractivity contribution in [3.05, 3.63) is 58.6 Å². The Kier molecular flexibility index (Phi) is 4.30. The number of phenolic OH excluding ortho intramolecular Hbond substituents is 1. The highest BCUT2D eigenvalue weighted by atomic mass is 35.5. The summed E-state index contributed by atoms with van der Waals surface area (Å²) in [4.78, 5) is 14.2. The third-order valence-electron chi connectivity index (χ3n) is 3.12. The fourth-order valence-electron chi connectivity index (χ4n) is 2.06. The molecule has 0 aromatic heterocycles. The van der Waals surface area contributed by atoms with E-state index in [1.807, 2.05) is 26.0 Å². The minimum atomic E-state index is -0.174. The minimum Gasteiger partial charge on any atom is -0.508 e. The molecule has 2 aromatic rings. The van der Waals surface area contributed by atoms with Crippen molar-refractivity contribution in [3.63, 3.8) is 0 Å². The van der Waals surface area contributed by atoms with Crippen LogP contribution >= 0.6 is 11.6 Å². The lowest BCUT2D eigenvalue weighted by molar-refractivity contribution is 0.0988. The van der Waals surface area contributed by atoms with E-state index in [0.29, 0.717) is 22.8 Å². The van der Waals surface area contributed by atoms with Crippen molar-refractivity contribution in [1.29, 1.82) is 0 Å². The summed E-state index contributed by atoms with van der Waals surface area (Å²) in [6.45, 7) is 4.24. The van der Waals surface area contributed by atoms with E-state index in [1.54, 1.807) is 35.2 Å². The molecule has 104 valence electrons. The van der Waals surface area contributed by atoms with Crippen LogP contribution in [0.5, 0.6) is 5.75 Å². The Bertz CT molecular complexity index is 640. The third kappa shape index (κ3) is 2.78. The first kappa shape index (κ1) is 14.4. The Labute approximate surface area is 123 Å². The Morgan fingerprint density at radius 2 is 1.95 bits per heavy atom. The maximum Gasteiger partial charge on any atom is 0.259 e. The normalized spacial score (nSPS) is 10.3. The molecule has 0 aliphatic rings. The molecule has 1 N–H and O–H groups in total.